The first-order valence-electron chi connectivity index (χ1n) is 19.6. The number of aromatic hydroxyl groups is 1. The molecule has 3 heterocycles. The Labute approximate surface area is 345 Å². The average Bonchev–Trinajstić information content (AvgIpc) is 3.61. The van der Waals surface area contributed by atoms with Gasteiger partial charge in [0.2, 0.25) is 11.8 Å². The van der Waals surface area contributed by atoms with Crippen LogP contribution in [0.2, 0.25) is 10.0 Å². The lowest BCUT2D eigenvalue weighted by Crippen LogP contribution is -2.53. The van der Waals surface area contributed by atoms with Gasteiger partial charge in [-0.3, -0.25) is 34.4 Å². The molecule has 4 fully saturated rings. The molecule has 0 bridgehead atoms. The van der Waals surface area contributed by atoms with Crippen LogP contribution >= 0.6 is 23.2 Å². The molecule has 0 spiro atoms. The minimum Gasteiger partial charge on any atom is -0.505 e. The van der Waals surface area contributed by atoms with Crippen molar-refractivity contribution in [2.24, 2.45) is 23.7 Å². The van der Waals surface area contributed by atoms with Crippen LogP contribution in [-0.4, -0.2) is 69.8 Å². The average molecular weight is 824 g/mol. The van der Waals surface area contributed by atoms with Crippen molar-refractivity contribution in [1.29, 1.82) is 0 Å². The molecule has 2 N–H and O–H groups in total. The predicted molar refractivity (Wildman–Crippen MR) is 215 cm³/mol. The van der Waals surface area contributed by atoms with Crippen LogP contribution in [0.1, 0.15) is 48.3 Å². The number of anilines is 1. The van der Waals surface area contributed by atoms with E-state index in [1.165, 1.54) is 35.8 Å². The summed E-state index contributed by atoms with van der Waals surface area (Å²) in [5.74, 6) is -6.63. The lowest BCUT2D eigenvalue weighted by Gasteiger charge is -2.50. The molecule has 1 saturated carbocycles. The third kappa shape index (κ3) is 6.08. The van der Waals surface area contributed by atoms with E-state index in [0.29, 0.717) is 40.3 Å². The normalized spacial score (nSPS) is 27.3. The third-order valence-corrected chi connectivity index (χ3v) is 13.6. The number of allylic oxidation sites excluding steroid dienone is 2. The molecule has 3 aliphatic heterocycles. The van der Waals surface area contributed by atoms with Gasteiger partial charge < -0.3 is 9.84 Å². The standard InChI is InChI=1S/C45H41Cl2FN4O6/c1-58-30-11-8-27(9-12-30)45-34(42(55)52(44(45)57)49-37-15-10-28(46)22-35(37)47)23-33-31(40(45)26-7-16-38(53)36(48)21-26)13-14-32-39(33)43(56)51(41(32)54)29-17-19-50(20-18-29)24-25-5-3-2-4-6-25/h2-13,15-16,21-22,29,32-34,39-40,49,53H,14,17-20,23-24H2,1H3/t32-,33+,34-,39-,40-,45+/m0/s1. The van der Waals surface area contributed by atoms with Gasteiger partial charge in [-0.2, -0.15) is 5.01 Å². The Morgan fingerprint density at radius 2 is 1.62 bits per heavy atom. The molecule has 0 unspecified atom stereocenters. The van der Waals surface area contributed by atoms with Crippen molar-refractivity contribution in [1.82, 2.24) is 14.8 Å². The summed E-state index contributed by atoms with van der Waals surface area (Å²) in [7, 11) is 1.52. The number of likely N-dealkylation sites (tertiary alicyclic amines) is 2. The van der Waals surface area contributed by atoms with E-state index in [0.717, 1.165) is 24.6 Å². The molecule has 4 aromatic carbocycles. The number of nitrogens with one attached hydrogen (secondary N) is 1. The molecule has 298 valence electrons. The number of imide groups is 2. The summed E-state index contributed by atoms with van der Waals surface area (Å²) in [5, 5.41) is 11.8. The smallest absolute Gasteiger partial charge is 0.260 e. The highest BCUT2D eigenvalue weighted by molar-refractivity contribution is 6.36. The van der Waals surface area contributed by atoms with Crippen LogP contribution in [0.15, 0.2) is 103 Å². The fourth-order valence-electron chi connectivity index (χ4n) is 10.5. The van der Waals surface area contributed by atoms with Gasteiger partial charge in [0.25, 0.3) is 11.8 Å². The van der Waals surface area contributed by atoms with Crippen LogP contribution in [0.5, 0.6) is 11.5 Å². The van der Waals surface area contributed by atoms with Gasteiger partial charge in [-0.1, -0.05) is 83.4 Å². The molecule has 10 nitrogen and oxygen atoms in total. The zero-order valence-corrected chi connectivity index (χ0v) is 33.1. The summed E-state index contributed by atoms with van der Waals surface area (Å²) in [6.45, 7) is 2.25. The number of phenols is 1. The second-order valence-corrected chi connectivity index (χ2v) is 16.8. The zero-order valence-electron chi connectivity index (χ0n) is 31.6. The van der Waals surface area contributed by atoms with E-state index in [2.05, 4.69) is 22.5 Å². The summed E-state index contributed by atoms with van der Waals surface area (Å²) in [4.78, 5) is 63.3. The molecule has 9 rings (SSSR count). The predicted octanol–water partition coefficient (Wildman–Crippen LogP) is 7.50. The number of amides is 4. The van der Waals surface area contributed by atoms with Gasteiger partial charge in [-0.15, -0.1) is 0 Å². The Kier molecular flexibility index (Phi) is 9.81. The van der Waals surface area contributed by atoms with E-state index in [4.69, 9.17) is 27.9 Å². The Bertz CT molecular complexity index is 2350. The monoisotopic (exact) mass is 822 g/mol. The molecule has 2 aliphatic carbocycles. The van der Waals surface area contributed by atoms with Crippen molar-refractivity contribution in [3.05, 3.63) is 135 Å². The number of piperidine rings is 1. The maximum absolute atomic E-state index is 15.5. The van der Waals surface area contributed by atoms with Gasteiger partial charge >= 0.3 is 0 Å². The number of methoxy groups -OCH3 is 1. The van der Waals surface area contributed by atoms with E-state index in [1.807, 2.05) is 24.3 Å². The summed E-state index contributed by atoms with van der Waals surface area (Å²) >= 11 is 12.7. The highest BCUT2D eigenvalue weighted by Gasteiger charge is 2.70. The molecule has 4 amide bonds. The van der Waals surface area contributed by atoms with E-state index in [1.54, 1.807) is 42.5 Å². The summed E-state index contributed by atoms with van der Waals surface area (Å²) in [5.41, 5.74) is 4.31. The van der Waals surface area contributed by atoms with Crippen LogP contribution < -0.4 is 10.2 Å². The van der Waals surface area contributed by atoms with Crippen LogP contribution in [-0.2, 0) is 31.1 Å². The first kappa shape index (κ1) is 38.3. The van der Waals surface area contributed by atoms with Crippen molar-refractivity contribution >= 4 is 52.5 Å². The van der Waals surface area contributed by atoms with Crippen molar-refractivity contribution < 1.29 is 33.4 Å². The number of nitrogens with zero attached hydrogens (tertiary/aromatic N) is 3. The number of fused-ring (bicyclic) bond motifs is 4. The highest BCUT2D eigenvalue weighted by Crippen LogP contribution is 2.64. The summed E-state index contributed by atoms with van der Waals surface area (Å²) in [6, 6.07) is 25.5. The molecule has 4 aromatic rings. The number of benzene rings is 4. The fourth-order valence-corrected chi connectivity index (χ4v) is 10.9. The Morgan fingerprint density at radius 3 is 2.31 bits per heavy atom. The zero-order chi connectivity index (χ0) is 40.5. The lowest BCUT2D eigenvalue weighted by molar-refractivity contribution is -0.144. The van der Waals surface area contributed by atoms with Crippen LogP contribution in [0.4, 0.5) is 10.1 Å². The molecule has 6 atom stereocenters. The van der Waals surface area contributed by atoms with E-state index < -0.39 is 58.4 Å². The maximum atomic E-state index is 15.5. The highest BCUT2D eigenvalue weighted by atomic mass is 35.5. The lowest BCUT2D eigenvalue weighted by atomic mass is 9.49. The van der Waals surface area contributed by atoms with E-state index >= 15 is 9.18 Å². The van der Waals surface area contributed by atoms with Crippen LogP contribution in [0, 0.1) is 29.5 Å². The quantitative estimate of drug-likeness (QED) is 0.139. The van der Waals surface area contributed by atoms with Crippen LogP contribution in [0.3, 0.4) is 0 Å². The fraction of sp³-hybridized carbons (Fsp3) is 0.333. The number of hydrazine groups is 1. The van der Waals surface area contributed by atoms with E-state index in [9.17, 15) is 19.5 Å². The Morgan fingerprint density at radius 1 is 0.879 bits per heavy atom. The minimum atomic E-state index is -1.65. The number of halogens is 3. The first-order chi connectivity index (χ1) is 28.0. The Hall–Kier alpha value is -5.23. The number of carbonyl (C=O) groups is 4. The number of phenolic OH excluding ortho intramolecular Hbond substituents is 1. The number of ether oxygens (including phenoxy) is 1. The van der Waals surface area contributed by atoms with Gasteiger partial charge in [-0.25, -0.2) is 4.39 Å². The molecule has 0 aromatic heterocycles. The SMILES string of the molecule is COc1ccc([C@@]23C(=O)N(Nc4ccc(Cl)cc4Cl)C(=O)[C@@H]2C[C@@H]2C(=CC[C@@H]4C(=O)N(C5CCN(Cc6ccccc6)CC5)C(=O)[C@@H]42)[C@@H]3c2ccc(O)c(F)c2)cc1. The van der Waals surface area contributed by atoms with Crippen molar-refractivity contribution in [2.75, 3.05) is 25.6 Å². The molecule has 13 heteroatoms. The third-order valence-electron chi connectivity index (χ3n) is 13.1. The van der Waals surface area contributed by atoms with Crippen molar-refractivity contribution in [3.8, 4) is 11.5 Å². The number of carbonyl (C=O) groups excluding carboxylic acids is 4. The second-order valence-electron chi connectivity index (χ2n) is 16.0. The molecular weight excluding hydrogens is 782 g/mol. The maximum Gasteiger partial charge on any atom is 0.260 e. The molecular formula is C45H41Cl2FN4O6. The van der Waals surface area contributed by atoms with Gasteiger partial charge in [0.15, 0.2) is 11.6 Å². The molecule has 0 radical (unpaired) electrons. The number of hydrogen-bond donors (Lipinski definition) is 2. The largest absolute Gasteiger partial charge is 0.505 e. The van der Waals surface area contributed by atoms with Gasteiger partial charge in [0.05, 0.1) is 41.0 Å². The van der Waals surface area contributed by atoms with Gasteiger partial charge in [-0.05, 0) is 90.8 Å². The summed E-state index contributed by atoms with van der Waals surface area (Å²) < 4.78 is 20.9. The number of hydrogen-bond acceptors (Lipinski definition) is 8. The molecule has 58 heavy (non-hydrogen) atoms. The molecule has 3 saturated heterocycles. The minimum absolute atomic E-state index is 0.0789. The van der Waals surface area contributed by atoms with Crippen LogP contribution in [0.25, 0.3) is 0 Å². The number of rotatable bonds is 8. The van der Waals surface area contributed by atoms with Gasteiger partial charge in [0, 0.05) is 36.6 Å². The second kappa shape index (κ2) is 14.9. The van der Waals surface area contributed by atoms with Crippen molar-refractivity contribution in [3.63, 3.8) is 0 Å². The first-order valence-corrected chi connectivity index (χ1v) is 20.3. The van der Waals surface area contributed by atoms with Gasteiger partial charge in [0.1, 0.15) is 5.75 Å². The topological polar surface area (TPSA) is 119 Å². The Balaban J connectivity index is 1.12. The summed E-state index contributed by atoms with van der Waals surface area (Å²) in [6.07, 6.45) is 3.55. The van der Waals surface area contributed by atoms with E-state index in [-0.39, 0.29) is 41.4 Å². The van der Waals surface area contributed by atoms with Crippen molar-refractivity contribution in [2.45, 2.75) is 49.6 Å². The molecule has 5 aliphatic rings.